The van der Waals surface area contributed by atoms with Crippen LogP contribution in [-0.4, -0.2) is 30.4 Å². The predicted molar refractivity (Wildman–Crippen MR) is 104 cm³/mol. The molecule has 0 radical (unpaired) electrons. The predicted octanol–water partition coefficient (Wildman–Crippen LogP) is 5.00. The van der Waals surface area contributed by atoms with E-state index in [4.69, 9.17) is 11.6 Å². The number of anilines is 1. The monoisotopic (exact) mass is 374 g/mol. The van der Waals surface area contributed by atoms with Crippen LogP contribution in [0, 0.1) is 11.7 Å². The molecule has 2 aromatic rings. The second kappa shape index (κ2) is 8.19. The maximum atomic E-state index is 13.1. The van der Waals surface area contributed by atoms with Gasteiger partial charge in [-0.15, -0.1) is 0 Å². The maximum Gasteiger partial charge on any atom is 0.257 e. The van der Waals surface area contributed by atoms with Crippen molar-refractivity contribution < 1.29 is 9.18 Å². The van der Waals surface area contributed by atoms with Crippen molar-refractivity contribution in [2.75, 3.05) is 18.9 Å². The number of likely N-dealkylation sites (tertiary alicyclic amines) is 1. The zero-order valence-electron chi connectivity index (χ0n) is 15.1. The summed E-state index contributed by atoms with van der Waals surface area (Å²) in [5.41, 5.74) is 2.21. The van der Waals surface area contributed by atoms with E-state index in [0.717, 1.165) is 24.7 Å². The first-order chi connectivity index (χ1) is 12.4. The average Bonchev–Trinajstić information content (AvgIpc) is 2.58. The van der Waals surface area contributed by atoms with Gasteiger partial charge in [0.1, 0.15) is 5.82 Å². The van der Waals surface area contributed by atoms with E-state index in [-0.39, 0.29) is 16.5 Å². The van der Waals surface area contributed by atoms with Gasteiger partial charge in [0.2, 0.25) is 0 Å². The van der Waals surface area contributed by atoms with Gasteiger partial charge < -0.3 is 10.2 Å². The molecule has 1 N–H and O–H groups in total. The van der Waals surface area contributed by atoms with Crippen LogP contribution in [-0.2, 0) is 6.42 Å². The Morgan fingerprint density at radius 1 is 1.31 bits per heavy atom. The third-order valence-corrected chi connectivity index (χ3v) is 5.51. The molecule has 0 bridgehead atoms. The van der Waals surface area contributed by atoms with Gasteiger partial charge in [-0.3, -0.25) is 4.79 Å². The third-order valence-electron chi connectivity index (χ3n) is 5.20. The van der Waals surface area contributed by atoms with E-state index in [1.54, 1.807) is 0 Å². The summed E-state index contributed by atoms with van der Waals surface area (Å²) >= 11 is 5.97. The molecule has 0 aliphatic carbocycles. The summed E-state index contributed by atoms with van der Waals surface area (Å²) in [7, 11) is 2.18. The van der Waals surface area contributed by atoms with Crippen LogP contribution in [0.3, 0.4) is 0 Å². The van der Waals surface area contributed by atoms with E-state index < -0.39 is 5.82 Å². The van der Waals surface area contributed by atoms with Crippen LogP contribution >= 0.6 is 11.6 Å². The number of nitrogens with one attached hydrogen (secondary N) is 1. The molecule has 1 amide bonds. The molecular weight excluding hydrogens is 351 g/mol. The summed E-state index contributed by atoms with van der Waals surface area (Å²) in [6.07, 6.45) is 3.40. The van der Waals surface area contributed by atoms with Crippen molar-refractivity contribution in [3.63, 3.8) is 0 Å². The maximum absolute atomic E-state index is 13.1. The minimum absolute atomic E-state index is 0.110. The zero-order valence-corrected chi connectivity index (χ0v) is 15.9. The molecule has 5 heteroatoms. The van der Waals surface area contributed by atoms with Crippen LogP contribution in [0.15, 0.2) is 42.5 Å². The van der Waals surface area contributed by atoms with Crippen LogP contribution in [0.1, 0.15) is 35.7 Å². The zero-order chi connectivity index (χ0) is 18.7. The lowest BCUT2D eigenvalue weighted by Gasteiger charge is -2.35. The highest BCUT2D eigenvalue weighted by Gasteiger charge is 2.23. The van der Waals surface area contributed by atoms with Gasteiger partial charge in [0.25, 0.3) is 5.91 Å². The van der Waals surface area contributed by atoms with E-state index >= 15 is 0 Å². The van der Waals surface area contributed by atoms with E-state index in [2.05, 4.69) is 30.3 Å². The number of hydrogen-bond donors (Lipinski definition) is 1. The van der Waals surface area contributed by atoms with Gasteiger partial charge in [0, 0.05) is 11.7 Å². The highest BCUT2D eigenvalue weighted by molar-refractivity contribution is 6.34. The first-order valence-electron chi connectivity index (χ1n) is 8.98. The van der Waals surface area contributed by atoms with Crippen molar-refractivity contribution in [3.8, 4) is 0 Å². The van der Waals surface area contributed by atoms with Gasteiger partial charge in [-0.25, -0.2) is 4.39 Å². The van der Waals surface area contributed by atoms with Crippen LogP contribution < -0.4 is 5.32 Å². The molecule has 3 rings (SSSR count). The molecule has 2 atom stereocenters. The molecule has 0 aromatic heterocycles. The van der Waals surface area contributed by atoms with Crippen molar-refractivity contribution in [3.05, 3.63) is 64.4 Å². The molecule has 26 heavy (non-hydrogen) atoms. The van der Waals surface area contributed by atoms with Crippen molar-refractivity contribution in [2.24, 2.45) is 5.92 Å². The molecular formula is C21H24ClFN2O. The Kier molecular flexibility index (Phi) is 5.94. The van der Waals surface area contributed by atoms with E-state index in [1.165, 1.54) is 30.5 Å². The number of rotatable bonds is 4. The molecule has 0 unspecified atom stereocenters. The number of carbonyl (C=O) groups excluding carboxylic acids is 1. The van der Waals surface area contributed by atoms with Crippen molar-refractivity contribution in [1.29, 1.82) is 0 Å². The molecule has 1 saturated heterocycles. The Labute approximate surface area is 159 Å². The minimum atomic E-state index is -0.457. The van der Waals surface area contributed by atoms with Crippen LogP contribution in [0.5, 0.6) is 0 Å². The van der Waals surface area contributed by atoms with Crippen LogP contribution in [0.2, 0.25) is 5.02 Å². The highest BCUT2D eigenvalue weighted by Crippen LogP contribution is 2.26. The number of nitrogens with zero attached hydrogens (tertiary/aromatic N) is 1. The minimum Gasteiger partial charge on any atom is -0.322 e. The molecule has 1 aliphatic heterocycles. The molecule has 138 valence electrons. The fraction of sp³-hybridized carbons (Fsp3) is 0.381. The number of benzene rings is 2. The lowest BCUT2D eigenvalue weighted by atomic mass is 9.87. The lowest BCUT2D eigenvalue weighted by molar-refractivity contribution is 0.102. The summed E-state index contributed by atoms with van der Waals surface area (Å²) in [5.74, 6) is -0.125. The molecule has 0 spiro atoms. The Morgan fingerprint density at radius 3 is 2.85 bits per heavy atom. The summed E-state index contributed by atoms with van der Waals surface area (Å²) in [5, 5.41) is 2.97. The Bertz CT molecular complexity index is 795. The van der Waals surface area contributed by atoms with E-state index in [1.807, 2.05) is 18.2 Å². The SMILES string of the molecule is C[C@H]1C[C@@H](Cc2cccc(NC(=O)c3ccc(F)cc3Cl)c2)CCN1C. The first kappa shape index (κ1) is 18.9. The van der Waals surface area contributed by atoms with E-state index in [0.29, 0.717) is 12.0 Å². The molecule has 1 fully saturated rings. The average molecular weight is 375 g/mol. The normalized spacial score (nSPS) is 20.8. The fourth-order valence-corrected chi connectivity index (χ4v) is 3.81. The summed E-state index contributed by atoms with van der Waals surface area (Å²) in [4.78, 5) is 14.8. The largest absolute Gasteiger partial charge is 0.322 e. The second-order valence-corrected chi connectivity index (χ2v) is 7.61. The van der Waals surface area contributed by atoms with Gasteiger partial charge in [-0.05, 0) is 81.6 Å². The summed E-state index contributed by atoms with van der Waals surface area (Å²) in [6.45, 7) is 3.40. The highest BCUT2D eigenvalue weighted by atomic mass is 35.5. The standard InChI is InChI=1S/C21H24ClFN2O/c1-14-10-16(8-9-25(14)2)11-15-4-3-5-18(12-15)24-21(26)19-7-6-17(23)13-20(19)22/h3-7,12-14,16H,8-11H2,1-2H3,(H,24,26)/t14-,16-/m0/s1. The number of halogens is 2. The molecule has 1 aliphatic rings. The van der Waals surface area contributed by atoms with Crippen molar-refractivity contribution in [1.82, 2.24) is 4.90 Å². The van der Waals surface area contributed by atoms with Crippen LogP contribution in [0.25, 0.3) is 0 Å². The van der Waals surface area contributed by atoms with Crippen LogP contribution in [0.4, 0.5) is 10.1 Å². The molecule has 2 aromatic carbocycles. The van der Waals surface area contributed by atoms with Gasteiger partial charge in [0.15, 0.2) is 0 Å². The smallest absolute Gasteiger partial charge is 0.257 e. The number of hydrogen-bond acceptors (Lipinski definition) is 2. The summed E-state index contributed by atoms with van der Waals surface area (Å²) in [6, 6.07) is 12.3. The fourth-order valence-electron chi connectivity index (χ4n) is 3.55. The first-order valence-corrected chi connectivity index (χ1v) is 9.35. The number of carbonyl (C=O) groups is 1. The second-order valence-electron chi connectivity index (χ2n) is 7.20. The topological polar surface area (TPSA) is 32.3 Å². The van der Waals surface area contributed by atoms with Crippen molar-refractivity contribution >= 4 is 23.2 Å². The van der Waals surface area contributed by atoms with Gasteiger partial charge >= 0.3 is 0 Å². The summed E-state index contributed by atoms with van der Waals surface area (Å²) < 4.78 is 13.1. The Hall–Kier alpha value is -1.91. The Morgan fingerprint density at radius 2 is 2.12 bits per heavy atom. The van der Waals surface area contributed by atoms with Gasteiger partial charge in [-0.2, -0.15) is 0 Å². The van der Waals surface area contributed by atoms with Gasteiger partial charge in [0.05, 0.1) is 10.6 Å². The lowest BCUT2D eigenvalue weighted by Crippen LogP contribution is -2.38. The molecule has 0 saturated carbocycles. The number of amides is 1. The molecule has 3 nitrogen and oxygen atoms in total. The van der Waals surface area contributed by atoms with Gasteiger partial charge in [-0.1, -0.05) is 23.7 Å². The number of piperidine rings is 1. The molecule has 1 heterocycles. The quantitative estimate of drug-likeness (QED) is 0.816. The van der Waals surface area contributed by atoms with Crippen molar-refractivity contribution in [2.45, 2.75) is 32.2 Å². The van der Waals surface area contributed by atoms with E-state index in [9.17, 15) is 9.18 Å². The Balaban J connectivity index is 1.66. The third kappa shape index (κ3) is 4.63.